The summed E-state index contributed by atoms with van der Waals surface area (Å²) in [5.41, 5.74) is 10.2. The van der Waals surface area contributed by atoms with Gasteiger partial charge in [-0.15, -0.1) is 0 Å². The maximum atomic E-state index is 11.8. The lowest BCUT2D eigenvalue weighted by Crippen LogP contribution is -2.14. The second-order valence-corrected chi connectivity index (χ2v) is 19.1. The fourth-order valence-corrected chi connectivity index (χ4v) is 7.10. The third-order valence-corrected chi connectivity index (χ3v) is 11.8. The van der Waals surface area contributed by atoms with E-state index in [0.29, 0.717) is 96.9 Å². The summed E-state index contributed by atoms with van der Waals surface area (Å²) in [6, 6.07) is 36.5. The Hall–Kier alpha value is -6.94. The van der Waals surface area contributed by atoms with Gasteiger partial charge in [0.05, 0.1) is 92.1 Å². The lowest BCUT2D eigenvalue weighted by Gasteiger charge is -2.07. The largest absolute Gasteiger partial charge is 0.475 e. The van der Waals surface area contributed by atoms with Crippen LogP contribution in [0.4, 0.5) is 14.5 Å². The molecule has 0 spiro atoms. The molecule has 0 unspecified atom stereocenters. The normalized spacial score (nSPS) is 11.3. The van der Waals surface area contributed by atoms with Gasteiger partial charge in [0.15, 0.2) is 0 Å². The van der Waals surface area contributed by atoms with Crippen LogP contribution in [-0.2, 0) is 55.6 Å². The molecule has 444 valence electrons. The van der Waals surface area contributed by atoms with Crippen LogP contribution in [0.25, 0.3) is 36.5 Å². The maximum absolute atomic E-state index is 11.8. The molecule has 0 saturated heterocycles. The molecule has 6 aromatic rings. The van der Waals surface area contributed by atoms with E-state index in [2.05, 4.69) is 111 Å². The number of hydrogen-bond acceptors (Lipinski definition) is 16. The van der Waals surface area contributed by atoms with Crippen LogP contribution in [0.2, 0.25) is 0 Å². The molecule has 0 amide bonds. The summed E-state index contributed by atoms with van der Waals surface area (Å²) < 4.78 is 97.4. The Morgan fingerprint density at radius 2 is 0.671 bits per heavy atom. The van der Waals surface area contributed by atoms with Crippen molar-refractivity contribution in [1.82, 2.24) is 15.0 Å². The molecule has 16 nitrogen and oxygen atoms in total. The number of halogens is 2. The lowest BCUT2D eigenvalue weighted by atomic mass is 10.1. The van der Waals surface area contributed by atoms with Gasteiger partial charge in [0.25, 0.3) is 10.1 Å². The van der Waals surface area contributed by atoms with Crippen LogP contribution in [0.15, 0.2) is 128 Å². The zero-order valence-corrected chi connectivity index (χ0v) is 48.5. The Labute approximate surface area is 483 Å². The van der Waals surface area contributed by atoms with Crippen molar-refractivity contribution in [1.29, 1.82) is 0 Å². The SMILES string of the molecule is CCc1ccc(/C=C/c2ccc(OCCOCCOCCOS(C)(=O)=O)nc2)cc1.CCc1ccc(/C=C/c2ccc(OCCOCCOCC[18F])nc2)cc1.CNc1ccc(/C=C/c2ccc(OCCOCCOCC[18F])nc2)cc1. The molecule has 19 heteroatoms. The fourth-order valence-electron chi connectivity index (χ4n) is 6.73. The first-order valence-corrected chi connectivity index (χ1v) is 29.1. The van der Waals surface area contributed by atoms with Crippen LogP contribution in [0.1, 0.15) is 58.4 Å². The van der Waals surface area contributed by atoms with E-state index in [1.165, 1.54) is 11.1 Å². The van der Waals surface area contributed by atoms with Crippen LogP contribution in [0.3, 0.4) is 0 Å². The zero-order chi connectivity index (χ0) is 58.6. The van der Waals surface area contributed by atoms with E-state index in [9.17, 15) is 17.2 Å². The first kappa shape index (κ1) is 67.6. The molecule has 0 aliphatic heterocycles. The quantitative estimate of drug-likeness (QED) is 0.0286. The number of ether oxygens (including phenoxy) is 9. The maximum Gasteiger partial charge on any atom is 0.264 e. The average molecular weight is 1150 g/mol. The summed E-state index contributed by atoms with van der Waals surface area (Å²) in [6.07, 6.45) is 20.6. The minimum absolute atomic E-state index is 0.00390. The minimum atomic E-state index is -3.41. The van der Waals surface area contributed by atoms with E-state index in [1.807, 2.05) is 79.9 Å². The van der Waals surface area contributed by atoms with Crippen LogP contribution in [0.5, 0.6) is 17.6 Å². The van der Waals surface area contributed by atoms with Gasteiger partial charge >= 0.3 is 0 Å². The summed E-state index contributed by atoms with van der Waals surface area (Å²) in [5.74, 6) is 1.65. The van der Waals surface area contributed by atoms with E-state index in [-0.39, 0.29) is 26.4 Å². The summed E-state index contributed by atoms with van der Waals surface area (Å²) in [5, 5.41) is 3.09. The molecule has 0 fully saturated rings. The zero-order valence-electron chi connectivity index (χ0n) is 47.6. The Bertz CT molecular complexity index is 2640. The van der Waals surface area contributed by atoms with Crippen LogP contribution < -0.4 is 19.5 Å². The van der Waals surface area contributed by atoms with E-state index < -0.39 is 23.5 Å². The highest BCUT2D eigenvalue weighted by Gasteiger charge is 2.03. The second-order valence-electron chi connectivity index (χ2n) is 17.5. The van der Waals surface area contributed by atoms with E-state index in [4.69, 9.17) is 42.6 Å². The van der Waals surface area contributed by atoms with E-state index in [0.717, 1.165) is 58.2 Å². The number of aromatic nitrogens is 3. The molecule has 3 heterocycles. The van der Waals surface area contributed by atoms with Gasteiger partial charge in [-0.1, -0.05) is 111 Å². The topological polar surface area (TPSA) is 177 Å². The molecule has 82 heavy (non-hydrogen) atoms. The third kappa shape index (κ3) is 32.5. The van der Waals surface area contributed by atoms with Crippen molar-refractivity contribution in [3.63, 3.8) is 0 Å². The van der Waals surface area contributed by atoms with Crippen LogP contribution in [-0.4, -0.2) is 156 Å². The van der Waals surface area contributed by atoms with Crippen molar-refractivity contribution in [2.24, 2.45) is 0 Å². The van der Waals surface area contributed by atoms with Crippen molar-refractivity contribution in [3.8, 4) is 17.6 Å². The van der Waals surface area contributed by atoms with E-state index >= 15 is 0 Å². The predicted octanol–water partition coefficient (Wildman–Crippen LogP) is 11.1. The number of rotatable bonds is 38. The summed E-state index contributed by atoms with van der Waals surface area (Å²) in [4.78, 5) is 12.8. The van der Waals surface area contributed by atoms with Gasteiger partial charge in [0.2, 0.25) is 17.6 Å². The number of anilines is 1. The number of aryl methyl sites for hydroxylation is 2. The Morgan fingerprint density at radius 3 is 0.951 bits per heavy atom. The first-order valence-electron chi connectivity index (χ1n) is 27.3. The number of nitrogens with one attached hydrogen (secondary N) is 1. The number of benzene rings is 3. The van der Waals surface area contributed by atoms with Crippen LogP contribution >= 0.6 is 0 Å². The molecule has 0 saturated carbocycles. The molecule has 1 N–H and O–H groups in total. The molecule has 0 aliphatic carbocycles. The average Bonchev–Trinajstić information content (AvgIpc) is 3.51. The van der Waals surface area contributed by atoms with Gasteiger partial charge in [0, 0.05) is 49.5 Å². The second kappa shape index (κ2) is 42.8. The number of alkyl halides is 2. The monoisotopic (exact) mass is 1150 g/mol. The molecule has 0 radical (unpaired) electrons. The molecule has 0 atom stereocenters. The molecular formula is C63H80F2N4O12S. The molecular weight excluding hydrogens is 1070 g/mol. The standard InChI is InChI=1S/C22H29NO6S.C21H26FNO3.C20H25FN2O3/c1-3-19-4-6-20(7-5-19)8-9-21-10-11-22(23-18-21)28-16-14-26-12-13-27-15-17-29-30(2,24)25;1-2-18-3-5-19(6-4-18)7-8-20-9-10-21(23-17-20)26-16-15-25-14-13-24-12-11-22;1-22-19-7-4-17(5-8-19)2-3-18-6-9-20(23-16-18)26-15-14-25-13-12-24-11-10-21/h4-11,18H,3,12-17H2,1-2H3;3-10,17H,2,11-16H2,1H3;2-9,16,22H,10-15H2,1H3/b9-8+;8-7+;3-2+/i;22-1;21-1. The highest BCUT2D eigenvalue weighted by atomic mass is 32.2. The Balaban J connectivity index is 0.000000265. The van der Waals surface area contributed by atoms with Crippen molar-refractivity contribution in [2.75, 3.05) is 138 Å². The molecule has 6 rings (SSSR count). The third-order valence-electron chi connectivity index (χ3n) is 11.2. The highest BCUT2D eigenvalue weighted by Crippen LogP contribution is 2.16. The summed E-state index contributed by atoms with van der Waals surface area (Å²) >= 11 is 0. The van der Waals surface area contributed by atoms with Crippen LogP contribution in [0, 0.1) is 0 Å². The van der Waals surface area contributed by atoms with Gasteiger partial charge in [-0.05, 0) is 87.7 Å². The molecule has 0 bridgehead atoms. The van der Waals surface area contributed by atoms with Gasteiger partial charge in [-0.25, -0.2) is 23.7 Å². The first-order chi connectivity index (χ1) is 40.1. The number of nitrogens with zero attached hydrogens (tertiary/aromatic N) is 3. The molecule has 3 aromatic carbocycles. The highest BCUT2D eigenvalue weighted by molar-refractivity contribution is 7.85. The lowest BCUT2D eigenvalue weighted by molar-refractivity contribution is 0.0276. The van der Waals surface area contributed by atoms with Gasteiger partial charge in [-0.2, -0.15) is 8.42 Å². The van der Waals surface area contributed by atoms with Gasteiger partial charge in [0.1, 0.15) is 33.2 Å². The smallest absolute Gasteiger partial charge is 0.264 e. The number of hydrogen-bond donors (Lipinski definition) is 1. The molecule has 3 aromatic heterocycles. The fraction of sp³-hybridized carbons (Fsp3) is 0.381. The van der Waals surface area contributed by atoms with E-state index in [1.54, 1.807) is 18.6 Å². The van der Waals surface area contributed by atoms with Crippen molar-refractivity contribution >= 4 is 52.3 Å². The summed E-state index contributed by atoms with van der Waals surface area (Å²) in [7, 11) is -1.52. The summed E-state index contributed by atoms with van der Waals surface area (Å²) in [6.45, 7) is 8.65. The Morgan fingerprint density at radius 1 is 0.390 bits per heavy atom. The van der Waals surface area contributed by atoms with Crippen molar-refractivity contribution in [3.05, 3.63) is 172 Å². The Kier molecular flexibility index (Phi) is 35.3. The predicted molar refractivity (Wildman–Crippen MR) is 321 cm³/mol. The van der Waals surface area contributed by atoms with Crippen molar-refractivity contribution in [2.45, 2.75) is 26.7 Å². The van der Waals surface area contributed by atoms with Gasteiger partial charge in [-0.3, -0.25) is 4.18 Å². The van der Waals surface area contributed by atoms with Crippen molar-refractivity contribution < 1.29 is 64.0 Å². The molecule has 0 aliphatic rings. The minimum Gasteiger partial charge on any atom is -0.475 e. The number of pyridine rings is 3. The van der Waals surface area contributed by atoms with Gasteiger partial charge < -0.3 is 47.9 Å².